The van der Waals surface area contributed by atoms with Crippen molar-refractivity contribution in [2.24, 2.45) is 10.8 Å². The van der Waals surface area contributed by atoms with Crippen molar-refractivity contribution < 1.29 is 27.5 Å². The summed E-state index contributed by atoms with van der Waals surface area (Å²) in [5, 5.41) is 0. The first kappa shape index (κ1) is 20.9. The summed E-state index contributed by atoms with van der Waals surface area (Å²) in [6.07, 6.45) is -3.27. The number of halogens is 3. The second-order valence-corrected chi connectivity index (χ2v) is 10.2. The number of hydrogen-bond donors (Lipinski definition) is 0. The Morgan fingerprint density at radius 1 is 0.833 bits per heavy atom. The number of allylic oxidation sites excluding steroid dienone is 4. The molecular formula is C24H25F3O3. The van der Waals surface area contributed by atoms with E-state index < -0.39 is 17.7 Å². The van der Waals surface area contributed by atoms with Gasteiger partial charge in [0.05, 0.1) is 5.56 Å². The fourth-order valence-corrected chi connectivity index (χ4v) is 4.99. The summed E-state index contributed by atoms with van der Waals surface area (Å²) in [5.41, 5.74) is -1.12. The molecule has 0 atom stereocenters. The summed E-state index contributed by atoms with van der Waals surface area (Å²) in [4.78, 5) is 26.3. The highest BCUT2D eigenvalue weighted by Crippen LogP contribution is 2.54. The highest BCUT2D eigenvalue weighted by molar-refractivity contribution is 6.06. The minimum Gasteiger partial charge on any atom is -0.465 e. The Labute approximate surface area is 174 Å². The third kappa shape index (κ3) is 3.50. The van der Waals surface area contributed by atoms with Crippen LogP contribution < -0.4 is 0 Å². The van der Waals surface area contributed by atoms with Crippen LogP contribution in [-0.2, 0) is 20.5 Å². The normalized spacial score (nSPS) is 23.8. The number of ether oxygens (including phenoxy) is 1. The molecule has 0 unspecified atom stereocenters. The molecule has 3 aliphatic rings. The van der Waals surface area contributed by atoms with E-state index in [0.717, 1.165) is 6.07 Å². The Hall–Kier alpha value is -2.37. The number of ketones is 2. The summed E-state index contributed by atoms with van der Waals surface area (Å²) >= 11 is 0. The Morgan fingerprint density at radius 3 is 1.77 bits per heavy atom. The van der Waals surface area contributed by atoms with E-state index in [-0.39, 0.29) is 51.9 Å². The van der Waals surface area contributed by atoms with Gasteiger partial charge in [0.25, 0.3) is 0 Å². The Kier molecular flexibility index (Phi) is 4.57. The van der Waals surface area contributed by atoms with Gasteiger partial charge in [-0.1, -0.05) is 45.9 Å². The summed E-state index contributed by atoms with van der Waals surface area (Å²) in [5.74, 6) is -0.682. The van der Waals surface area contributed by atoms with Crippen molar-refractivity contribution in [3.05, 3.63) is 58.1 Å². The summed E-state index contributed by atoms with van der Waals surface area (Å²) in [7, 11) is 0. The van der Waals surface area contributed by atoms with E-state index in [9.17, 15) is 22.8 Å². The van der Waals surface area contributed by atoms with Crippen LogP contribution in [0.15, 0.2) is 46.9 Å². The molecule has 0 saturated carbocycles. The van der Waals surface area contributed by atoms with E-state index in [1.807, 2.05) is 27.7 Å². The predicted octanol–water partition coefficient (Wildman–Crippen LogP) is 6.11. The van der Waals surface area contributed by atoms with Gasteiger partial charge in [-0.25, -0.2) is 0 Å². The lowest BCUT2D eigenvalue weighted by atomic mass is 9.65. The van der Waals surface area contributed by atoms with Crippen LogP contribution in [0.25, 0.3) is 0 Å². The van der Waals surface area contributed by atoms with Gasteiger partial charge in [-0.3, -0.25) is 9.59 Å². The fourth-order valence-electron chi connectivity index (χ4n) is 4.99. The first-order chi connectivity index (χ1) is 13.8. The van der Waals surface area contributed by atoms with Crippen LogP contribution in [0.1, 0.15) is 70.4 Å². The molecule has 0 spiro atoms. The van der Waals surface area contributed by atoms with Crippen molar-refractivity contribution in [3.8, 4) is 0 Å². The molecule has 0 aromatic heterocycles. The van der Waals surface area contributed by atoms with E-state index in [0.29, 0.717) is 24.4 Å². The molecule has 2 aliphatic carbocycles. The molecule has 160 valence electrons. The van der Waals surface area contributed by atoms with Gasteiger partial charge in [-0.05, 0) is 22.5 Å². The maximum absolute atomic E-state index is 13.9. The van der Waals surface area contributed by atoms with Gasteiger partial charge in [-0.2, -0.15) is 13.2 Å². The van der Waals surface area contributed by atoms with E-state index in [4.69, 9.17) is 4.74 Å². The fraction of sp³-hybridized carbons (Fsp3) is 0.500. The first-order valence-electron chi connectivity index (χ1n) is 10.2. The van der Waals surface area contributed by atoms with Crippen LogP contribution in [0.3, 0.4) is 0 Å². The molecule has 0 N–H and O–H groups in total. The molecular weight excluding hydrogens is 393 g/mol. The van der Waals surface area contributed by atoms with Crippen molar-refractivity contribution in [2.45, 2.75) is 65.5 Å². The minimum absolute atomic E-state index is 0.0468. The maximum atomic E-state index is 13.9. The topological polar surface area (TPSA) is 43.4 Å². The van der Waals surface area contributed by atoms with E-state index >= 15 is 0 Å². The van der Waals surface area contributed by atoms with Crippen LogP contribution in [0, 0.1) is 10.8 Å². The van der Waals surface area contributed by atoms with Gasteiger partial charge in [0.1, 0.15) is 11.5 Å². The lowest BCUT2D eigenvalue weighted by molar-refractivity contribution is -0.138. The lowest BCUT2D eigenvalue weighted by Crippen LogP contribution is -2.38. The smallest absolute Gasteiger partial charge is 0.416 e. The van der Waals surface area contributed by atoms with Gasteiger partial charge in [0, 0.05) is 42.7 Å². The Bertz CT molecular complexity index is 957. The molecule has 0 fully saturated rings. The third-order valence-corrected chi connectivity index (χ3v) is 6.16. The van der Waals surface area contributed by atoms with Crippen molar-refractivity contribution >= 4 is 11.6 Å². The average Bonchev–Trinajstić information content (AvgIpc) is 2.57. The molecule has 6 heteroatoms. The molecule has 1 aromatic carbocycles. The number of benzene rings is 1. The zero-order chi connectivity index (χ0) is 22.1. The van der Waals surface area contributed by atoms with E-state index in [2.05, 4.69) is 0 Å². The van der Waals surface area contributed by atoms with Crippen LogP contribution >= 0.6 is 0 Å². The average molecular weight is 418 g/mol. The number of rotatable bonds is 1. The quantitative estimate of drug-likeness (QED) is 0.553. The number of carbonyl (C=O) groups is 2. The maximum Gasteiger partial charge on any atom is 0.416 e. The van der Waals surface area contributed by atoms with Crippen LogP contribution in [-0.4, -0.2) is 11.6 Å². The zero-order valence-corrected chi connectivity index (χ0v) is 17.6. The second kappa shape index (κ2) is 6.56. The SMILES string of the molecule is CC1(C)CC(=O)C2=C(C1)OC1=C(C(=O)CC(C)(C)C1)C2c1ccccc1C(F)(F)F. The molecule has 1 heterocycles. The summed E-state index contributed by atoms with van der Waals surface area (Å²) in [6, 6.07) is 5.25. The predicted molar refractivity (Wildman–Crippen MR) is 105 cm³/mol. The number of hydrogen-bond acceptors (Lipinski definition) is 3. The van der Waals surface area contributed by atoms with Crippen LogP contribution in [0.5, 0.6) is 0 Å². The van der Waals surface area contributed by atoms with Crippen LogP contribution in [0.4, 0.5) is 13.2 Å². The van der Waals surface area contributed by atoms with Crippen LogP contribution in [0.2, 0.25) is 0 Å². The highest BCUT2D eigenvalue weighted by atomic mass is 19.4. The molecule has 1 aromatic rings. The van der Waals surface area contributed by atoms with Crippen molar-refractivity contribution in [1.29, 1.82) is 0 Å². The van der Waals surface area contributed by atoms with E-state index in [1.165, 1.54) is 18.2 Å². The largest absolute Gasteiger partial charge is 0.465 e. The van der Waals surface area contributed by atoms with Gasteiger partial charge in [0.2, 0.25) is 0 Å². The summed E-state index contributed by atoms with van der Waals surface area (Å²) in [6.45, 7) is 7.76. The number of carbonyl (C=O) groups excluding carboxylic acids is 2. The Morgan fingerprint density at radius 2 is 1.30 bits per heavy atom. The molecule has 4 rings (SSSR count). The van der Waals surface area contributed by atoms with Crippen molar-refractivity contribution in [3.63, 3.8) is 0 Å². The number of alkyl halides is 3. The molecule has 30 heavy (non-hydrogen) atoms. The van der Waals surface area contributed by atoms with Gasteiger partial charge in [-0.15, -0.1) is 0 Å². The molecule has 0 amide bonds. The zero-order valence-electron chi connectivity index (χ0n) is 17.6. The standard InChI is InChI=1S/C24H25F3O3/c1-22(2)9-15(28)20-17(11-22)30-18-12-23(3,4)10-16(29)21(18)19(20)13-7-5-6-8-14(13)24(25,26)27/h5-8,19H,9-12H2,1-4H3. The summed E-state index contributed by atoms with van der Waals surface area (Å²) < 4.78 is 47.7. The first-order valence-corrected chi connectivity index (χ1v) is 10.2. The molecule has 0 radical (unpaired) electrons. The van der Waals surface area contributed by atoms with Gasteiger partial charge in [0.15, 0.2) is 11.6 Å². The highest BCUT2D eigenvalue weighted by Gasteiger charge is 2.49. The van der Waals surface area contributed by atoms with Crippen molar-refractivity contribution in [1.82, 2.24) is 0 Å². The molecule has 0 saturated heterocycles. The van der Waals surface area contributed by atoms with Gasteiger partial charge < -0.3 is 4.74 Å². The third-order valence-electron chi connectivity index (χ3n) is 6.16. The van der Waals surface area contributed by atoms with E-state index in [1.54, 1.807) is 0 Å². The minimum atomic E-state index is -4.59. The monoisotopic (exact) mass is 418 g/mol. The van der Waals surface area contributed by atoms with Crippen molar-refractivity contribution in [2.75, 3.05) is 0 Å². The molecule has 1 aliphatic heterocycles. The molecule has 0 bridgehead atoms. The Balaban J connectivity index is 1.98. The second-order valence-electron chi connectivity index (χ2n) is 10.2. The number of Topliss-reactive ketones (excluding diaryl/α,β-unsaturated/α-hetero) is 2. The molecule has 3 nitrogen and oxygen atoms in total. The van der Waals surface area contributed by atoms with Gasteiger partial charge >= 0.3 is 6.18 Å². The lowest BCUT2D eigenvalue weighted by Gasteiger charge is -2.43.